The van der Waals surface area contributed by atoms with E-state index in [1.54, 1.807) is 25.5 Å². The molecule has 1 fully saturated rings. The van der Waals surface area contributed by atoms with Gasteiger partial charge in [0.05, 0.1) is 11.5 Å². The highest BCUT2D eigenvalue weighted by molar-refractivity contribution is 7.91. The fourth-order valence-corrected chi connectivity index (χ4v) is 4.09. The molecule has 22 heavy (non-hydrogen) atoms. The maximum Gasteiger partial charge on any atom is 0.232 e. The Kier molecular flexibility index (Phi) is 5.12. The minimum absolute atomic E-state index is 0.0213. The van der Waals surface area contributed by atoms with Crippen LogP contribution in [0.3, 0.4) is 0 Å². The van der Waals surface area contributed by atoms with E-state index in [0.29, 0.717) is 13.0 Å². The number of hydrogen-bond acceptors (Lipinski definition) is 5. The van der Waals surface area contributed by atoms with E-state index in [2.05, 4.69) is 10.3 Å². The second-order valence-corrected chi connectivity index (χ2v) is 7.61. The van der Waals surface area contributed by atoms with Gasteiger partial charge < -0.3 is 10.2 Å². The first-order valence-corrected chi connectivity index (χ1v) is 8.81. The molecule has 1 saturated heterocycles. The SMILES string of the molecule is CN(C(=O)CC(=O)NCc1cccnc1)C1CCS(=O)(=O)C1. The standard InChI is InChI=1S/C14H19N3O4S/c1-17(12-4-6-22(20,21)10-12)14(19)7-13(18)16-9-11-3-2-5-15-8-11/h2-3,5,8,12H,4,6-7,9-10H2,1H3,(H,16,18). The average molecular weight is 325 g/mol. The first kappa shape index (κ1) is 16.4. The van der Waals surface area contributed by atoms with Gasteiger partial charge in [-0.1, -0.05) is 6.07 Å². The molecule has 1 aliphatic rings. The van der Waals surface area contributed by atoms with Crippen LogP contribution in [0, 0.1) is 0 Å². The Morgan fingerprint density at radius 1 is 1.45 bits per heavy atom. The maximum atomic E-state index is 12.0. The zero-order valence-corrected chi connectivity index (χ0v) is 13.2. The molecule has 0 radical (unpaired) electrons. The molecule has 8 heteroatoms. The molecule has 1 N–H and O–H groups in total. The Hall–Kier alpha value is -1.96. The molecule has 7 nitrogen and oxygen atoms in total. The summed E-state index contributed by atoms with van der Waals surface area (Å²) in [6.45, 7) is 0.307. The number of pyridine rings is 1. The molecule has 1 unspecified atom stereocenters. The Morgan fingerprint density at radius 3 is 2.82 bits per heavy atom. The zero-order chi connectivity index (χ0) is 16.2. The minimum Gasteiger partial charge on any atom is -0.352 e. The van der Waals surface area contributed by atoms with Crippen molar-refractivity contribution < 1.29 is 18.0 Å². The predicted octanol–water partition coefficient (Wildman–Crippen LogP) is -0.267. The van der Waals surface area contributed by atoms with Crippen molar-refractivity contribution in [1.82, 2.24) is 15.2 Å². The van der Waals surface area contributed by atoms with Crippen molar-refractivity contribution in [1.29, 1.82) is 0 Å². The van der Waals surface area contributed by atoms with E-state index in [1.807, 2.05) is 6.07 Å². The van der Waals surface area contributed by atoms with Crippen LogP contribution in [0.25, 0.3) is 0 Å². The van der Waals surface area contributed by atoms with Crippen LogP contribution in [0.15, 0.2) is 24.5 Å². The van der Waals surface area contributed by atoms with Crippen molar-refractivity contribution >= 4 is 21.7 Å². The van der Waals surface area contributed by atoms with Crippen molar-refractivity contribution in [3.05, 3.63) is 30.1 Å². The molecular weight excluding hydrogens is 306 g/mol. The molecule has 1 aromatic heterocycles. The van der Waals surface area contributed by atoms with Crippen molar-refractivity contribution in [2.45, 2.75) is 25.4 Å². The van der Waals surface area contributed by atoms with Crippen LogP contribution >= 0.6 is 0 Å². The van der Waals surface area contributed by atoms with Crippen LogP contribution in [0.1, 0.15) is 18.4 Å². The lowest BCUT2D eigenvalue weighted by Crippen LogP contribution is -2.40. The molecule has 2 heterocycles. The Balaban J connectivity index is 1.80. The highest BCUT2D eigenvalue weighted by Crippen LogP contribution is 2.17. The first-order chi connectivity index (χ1) is 10.4. The van der Waals surface area contributed by atoms with Crippen molar-refractivity contribution in [2.75, 3.05) is 18.6 Å². The molecule has 0 aliphatic carbocycles. The Morgan fingerprint density at radius 2 is 2.23 bits per heavy atom. The van der Waals surface area contributed by atoms with E-state index in [4.69, 9.17) is 0 Å². The molecule has 0 bridgehead atoms. The Labute approximate surface area is 129 Å². The molecule has 0 aromatic carbocycles. The summed E-state index contributed by atoms with van der Waals surface area (Å²) in [7, 11) is -1.51. The summed E-state index contributed by atoms with van der Waals surface area (Å²) in [5.41, 5.74) is 0.846. The molecular formula is C14H19N3O4S. The number of carbonyl (C=O) groups is 2. The van der Waals surface area contributed by atoms with Crippen molar-refractivity contribution in [2.24, 2.45) is 0 Å². The normalized spacial score (nSPS) is 19.6. The molecule has 1 aromatic rings. The van der Waals surface area contributed by atoms with Crippen LogP contribution in [0.5, 0.6) is 0 Å². The lowest BCUT2D eigenvalue weighted by molar-refractivity contribution is -0.136. The molecule has 0 spiro atoms. The van der Waals surface area contributed by atoms with Crippen molar-refractivity contribution in [3.8, 4) is 0 Å². The van der Waals surface area contributed by atoms with E-state index in [0.717, 1.165) is 5.56 Å². The number of nitrogens with one attached hydrogen (secondary N) is 1. The van der Waals surface area contributed by atoms with Crippen molar-refractivity contribution in [3.63, 3.8) is 0 Å². The van der Waals surface area contributed by atoms with Gasteiger partial charge in [-0.05, 0) is 18.1 Å². The van der Waals surface area contributed by atoms with Gasteiger partial charge in [0.1, 0.15) is 6.42 Å². The monoisotopic (exact) mass is 325 g/mol. The number of amides is 2. The quantitative estimate of drug-likeness (QED) is 0.752. The topological polar surface area (TPSA) is 96.4 Å². The first-order valence-electron chi connectivity index (χ1n) is 6.99. The smallest absolute Gasteiger partial charge is 0.232 e. The lowest BCUT2D eigenvalue weighted by atomic mass is 10.2. The van der Waals surface area contributed by atoms with Crippen LogP contribution in [-0.2, 0) is 26.0 Å². The summed E-state index contributed by atoms with van der Waals surface area (Å²) in [5.74, 6) is -0.679. The third-order valence-electron chi connectivity index (χ3n) is 3.67. The number of nitrogens with zero attached hydrogens (tertiary/aromatic N) is 2. The van der Waals surface area contributed by atoms with Crippen LogP contribution in [-0.4, -0.2) is 54.7 Å². The number of rotatable bonds is 5. The highest BCUT2D eigenvalue weighted by Gasteiger charge is 2.33. The zero-order valence-electron chi connectivity index (χ0n) is 12.4. The summed E-state index contributed by atoms with van der Waals surface area (Å²) in [6.07, 6.45) is 3.42. The van der Waals surface area contributed by atoms with Gasteiger partial charge in [-0.2, -0.15) is 0 Å². The van der Waals surface area contributed by atoms with Gasteiger partial charge in [-0.25, -0.2) is 8.42 Å². The summed E-state index contributed by atoms with van der Waals surface area (Å²) in [4.78, 5) is 29.1. The van der Waals surface area contributed by atoms with E-state index >= 15 is 0 Å². The van der Waals surface area contributed by atoms with Gasteiger partial charge in [0.15, 0.2) is 9.84 Å². The van der Waals surface area contributed by atoms with Gasteiger partial charge in [0, 0.05) is 32.0 Å². The number of hydrogen-bond donors (Lipinski definition) is 1. The largest absolute Gasteiger partial charge is 0.352 e. The van der Waals surface area contributed by atoms with Crippen LogP contribution in [0.2, 0.25) is 0 Å². The fourth-order valence-electron chi connectivity index (χ4n) is 2.31. The number of carbonyl (C=O) groups excluding carboxylic acids is 2. The lowest BCUT2D eigenvalue weighted by Gasteiger charge is -2.23. The number of sulfone groups is 1. The van der Waals surface area contributed by atoms with E-state index in [-0.39, 0.29) is 35.8 Å². The third-order valence-corrected chi connectivity index (χ3v) is 5.42. The second kappa shape index (κ2) is 6.87. The summed E-state index contributed by atoms with van der Waals surface area (Å²) in [6, 6.07) is 3.26. The molecule has 2 amide bonds. The third kappa shape index (κ3) is 4.52. The predicted molar refractivity (Wildman–Crippen MR) is 80.5 cm³/mol. The van der Waals surface area contributed by atoms with Gasteiger partial charge in [-0.15, -0.1) is 0 Å². The summed E-state index contributed by atoms with van der Waals surface area (Å²) in [5, 5.41) is 2.65. The second-order valence-electron chi connectivity index (χ2n) is 5.38. The van der Waals surface area contributed by atoms with Gasteiger partial charge in [0.2, 0.25) is 11.8 Å². The molecule has 0 saturated carbocycles. The maximum absolute atomic E-state index is 12.0. The van der Waals surface area contributed by atoms with Gasteiger partial charge in [0.25, 0.3) is 0 Å². The highest BCUT2D eigenvalue weighted by atomic mass is 32.2. The van der Waals surface area contributed by atoms with Gasteiger partial charge >= 0.3 is 0 Å². The van der Waals surface area contributed by atoms with Crippen LogP contribution in [0.4, 0.5) is 0 Å². The molecule has 120 valence electrons. The van der Waals surface area contributed by atoms with E-state index < -0.39 is 9.84 Å². The Bertz CT molecular complexity index is 645. The molecule has 1 aliphatic heterocycles. The minimum atomic E-state index is -3.05. The molecule has 2 rings (SSSR count). The van der Waals surface area contributed by atoms with Crippen LogP contribution < -0.4 is 5.32 Å². The van der Waals surface area contributed by atoms with Gasteiger partial charge in [-0.3, -0.25) is 14.6 Å². The molecule has 1 atom stereocenters. The average Bonchev–Trinajstić information content (AvgIpc) is 2.85. The number of aromatic nitrogens is 1. The van der Waals surface area contributed by atoms with E-state index in [9.17, 15) is 18.0 Å². The summed E-state index contributed by atoms with van der Waals surface area (Å²) < 4.78 is 22.9. The van der Waals surface area contributed by atoms with E-state index in [1.165, 1.54) is 4.90 Å². The summed E-state index contributed by atoms with van der Waals surface area (Å²) >= 11 is 0. The fraction of sp³-hybridized carbons (Fsp3) is 0.500.